The van der Waals surface area contributed by atoms with Crippen LogP contribution in [0.25, 0.3) is 11.5 Å². The molecule has 24 heavy (non-hydrogen) atoms. The quantitative estimate of drug-likeness (QED) is 0.723. The lowest BCUT2D eigenvalue weighted by molar-refractivity contribution is -0.119. The van der Waals surface area contributed by atoms with Crippen LogP contribution in [0.1, 0.15) is 6.92 Å². The summed E-state index contributed by atoms with van der Waals surface area (Å²) in [6.45, 7) is 2.27. The number of nitrogens with zero attached hydrogens (tertiary/aromatic N) is 3. The van der Waals surface area contributed by atoms with E-state index < -0.39 is 0 Å². The number of hydrogen-bond acceptors (Lipinski definition) is 4. The number of carbonyl (C=O) groups excluding carboxylic acids is 1. The fraction of sp³-hybridized carbons (Fsp3) is 0.167. The van der Waals surface area contributed by atoms with E-state index in [4.69, 9.17) is 4.42 Å². The number of benzene rings is 1. The summed E-state index contributed by atoms with van der Waals surface area (Å²) in [5.74, 6) is 0.349. The SMILES string of the molecule is CCN(C(=O)Cn1nc(-c2ccco2)ccc1=O)c1ccccc1. The van der Waals surface area contributed by atoms with Crippen LogP contribution in [-0.2, 0) is 11.3 Å². The van der Waals surface area contributed by atoms with Crippen LogP contribution in [0, 0.1) is 0 Å². The number of para-hydroxylation sites is 1. The average Bonchev–Trinajstić information content (AvgIpc) is 3.13. The second kappa shape index (κ2) is 6.95. The number of rotatable bonds is 5. The minimum atomic E-state index is -0.331. The molecule has 6 nitrogen and oxygen atoms in total. The first-order chi connectivity index (χ1) is 11.7. The minimum absolute atomic E-state index is 0.129. The smallest absolute Gasteiger partial charge is 0.267 e. The van der Waals surface area contributed by atoms with Crippen LogP contribution >= 0.6 is 0 Å². The van der Waals surface area contributed by atoms with Crippen LogP contribution in [0.5, 0.6) is 0 Å². The Hall–Kier alpha value is -3.15. The first kappa shape index (κ1) is 15.7. The summed E-state index contributed by atoms with van der Waals surface area (Å²) in [5, 5.41) is 4.23. The van der Waals surface area contributed by atoms with Gasteiger partial charge >= 0.3 is 0 Å². The van der Waals surface area contributed by atoms with Gasteiger partial charge in [0.1, 0.15) is 12.2 Å². The van der Waals surface area contributed by atoms with Gasteiger partial charge in [0, 0.05) is 18.3 Å². The maximum absolute atomic E-state index is 12.6. The molecule has 0 radical (unpaired) electrons. The molecule has 0 bridgehead atoms. The van der Waals surface area contributed by atoms with Gasteiger partial charge in [0.15, 0.2) is 5.76 Å². The van der Waals surface area contributed by atoms with Gasteiger partial charge in [-0.15, -0.1) is 0 Å². The number of carbonyl (C=O) groups is 1. The predicted molar refractivity (Wildman–Crippen MR) is 90.7 cm³/mol. The maximum atomic E-state index is 12.6. The summed E-state index contributed by atoms with van der Waals surface area (Å²) in [5.41, 5.74) is 0.971. The Morgan fingerprint density at radius 2 is 1.92 bits per heavy atom. The van der Waals surface area contributed by atoms with Crippen molar-refractivity contribution in [1.29, 1.82) is 0 Å². The van der Waals surface area contributed by atoms with E-state index in [9.17, 15) is 9.59 Å². The molecule has 0 saturated carbocycles. The van der Waals surface area contributed by atoms with Crippen molar-refractivity contribution in [3.63, 3.8) is 0 Å². The van der Waals surface area contributed by atoms with E-state index in [2.05, 4.69) is 5.10 Å². The third-order valence-electron chi connectivity index (χ3n) is 3.61. The van der Waals surface area contributed by atoms with Crippen LogP contribution in [0.2, 0.25) is 0 Å². The molecule has 122 valence electrons. The average molecular weight is 323 g/mol. The zero-order valence-electron chi connectivity index (χ0n) is 13.3. The fourth-order valence-electron chi connectivity index (χ4n) is 2.44. The molecule has 0 spiro atoms. The van der Waals surface area contributed by atoms with Gasteiger partial charge in [0.2, 0.25) is 5.91 Å². The summed E-state index contributed by atoms with van der Waals surface area (Å²) < 4.78 is 6.44. The second-order valence-electron chi connectivity index (χ2n) is 5.17. The number of anilines is 1. The maximum Gasteiger partial charge on any atom is 0.267 e. The number of hydrogen-bond donors (Lipinski definition) is 0. The topological polar surface area (TPSA) is 68.3 Å². The van der Waals surface area contributed by atoms with Gasteiger partial charge in [-0.1, -0.05) is 18.2 Å². The largest absolute Gasteiger partial charge is 0.463 e. The standard InChI is InChI=1S/C18H17N3O3/c1-2-20(14-7-4-3-5-8-14)18(23)13-21-17(22)11-10-15(19-21)16-9-6-12-24-16/h3-12H,2,13H2,1H3. The van der Waals surface area contributed by atoms with Crippen molar-refractivity contribution in [3.05, 3.63) is 71.2 Å². The summed E-state index contributed by atoms with van der Waals surface area (Å²) in [7, 11) is 0. The van der Waals surface area contributed by atoms with E-state index in [1.807, 2.05) is 37.3 Å². The Labute approximate surface area is 139 Å². The second-order valence-corrected chi connectivity index (χ2v) is 5.17. The zero-order chi connectivity index (χ0) is 16.9. The molecule has 0 atom stereocenters. The summed E-state index contributed by atoms with van der Waals surface area (Å²) in [6.07, 6.45) is 1.53. The third-order valence-corrected chi connectivity index (χ3v) is 3.61. The molecule has 0 saturated heterocycles. The Balaban J connectivity index is 1.86. The van der Waals surface area contributed by atoms with Crippen LogP contribution in [0.4, 0.5) is 5.69 Å². The molecular weight excluding hydrogens is 306 g/mol. The summed E-state index contributed by atoms with van der Waals surface area (Å²) >= 11 is 0. The molecule has 1 aromatic carbocycles. The van der Waals surface area contributed by atoms with E-state index in [1.165, 1.54) is 12.3 Å². The van der Waals surface area contributed by atoms with Gasteiger partial charge in [0.05, 0.1) is 6.26 Å². The van der Waals surface area contributed by atoms with Gasteiger partial charge in [0.25, 0.3) is 5.56 Å². The van der Waals surface area contributed by atoms with Gasteiger partial charge in [-0.25, -0.2) is 4.68 Å². The molecule has 3 rings (SSSR count). The molecule has 0 aliphatic rings. The van der Waals surface area contributed by atoms with Crippen molar-refractivity contribution < 1.29 is 9.21 Å². The Kier molecular flexibility index (Phi) is 4.56. The van der Waals surface area contributed by atoms with Crippen molar-refractivity contribution in [2.24, 2.45) is 0 Å². The molecule has 0 aliphatic heterocycles. The Bertz CT molecular complexity index is 870. The Morgan fingerprint density at radius 1 is 1.12 bits per heavy atom. The highest BCUT2D eigenvalue weighted by Crippen LogP contribution is 2.16. The zero-order valence-corrected chi connectivity index (χ0v) is 13.3. The summed E-state index contributed by atoms with van der Waals surface area (Å²) in [6, 6.07) is 15.8. The fourth-order valence-corrected chi connectivity index (χ4v) is 2.44. The first-order valence-electron chi connectivity index (χ1n) is 7.66. The van der Waals surface area contributed by atoms with Gasteiger partial charge < -0.3 is 9.32 Å². The molecule has 0 N–H and O–H groups in total. The van der Waals surface area contributed by atoms with Crippen LogP contribution in [-0.4, -0.2) is 22.2 Å². The molecule has 0 fully saturated rings. The normalized spacial score (nSPS) is 10.5. The number of amides is 1. The molecular formula is C18H17N3O3. The van der Waals surface area contributed by atoms with Crippen molar-refractivity contribution in [2.75, 3.05) is 11.4 Å². The molecule has 6 heteroatoms. The lowest BCUT2D eigenvalue weighted by Gasteiger charge is -2.21. The van der Waals surface area contributed by atoms with Gasteiger partial charge in [-0.2, -0.15) is 5.10 Å². The van der Waals surface area contributed by atoms with Crippen molar-refractivity contribution in [1.82, 2.24) is 9.78 Å². The van der Waals surface area contributed by atoms with Crippen molar-refractivity contribution >= 4 is 11.6 Å². The number of furan rings is 1. The highest BCUT2D eigenvalue weighted by Gasteiger charge is 2.16. The monoisotopic (exact) mass is 323 g/mol. The lowest BCUT2D eigenvalue weighted by Crippen LogP contribution is -2.37. The lowest BCUT2D eigenvalue weighted by atomic mass is 10.3. The molecule has 2 aromatic heterocycles. The Morgan fingerprint density at radius 3 is 2.58 bits per heavy atom. The number of aromatic nitrogens is 2. The van der Waals surface area contributed by atoms with Gasteiger partial charge in [-0.3, -0.25) is 9.59 Å². The van der Waals surface area contributed by atoms with Crippen LogP contribution in [0.15, 0.2) is 70.1 Å². The number of likely N-dealkylation sites (N-methyl/N-ethyl adjacent to an activating group) is 1. The highest BCUT2D eigenvalue weighted by atomic mass is 16.3. The highest BCUT2D eigenvalue weighted by molar-refractivity contribution is 5.93. The van der Waals surface area contributed by atoms with Crippen molar-refractivity contribution in [2.45, 2.75) is 13.5 Å². The minimum Gasteiger partial charge on any atom is -0.463 e. The van der Waals surface area contributed by atoms with E-state index >= 15 is 0 Å². The first-order valence-corrected chi connectivity index (χ1v) is 7.66. The van der Waals surface area contributed by atoms with Crippen LogP contribution < -0.4 is 10.5 Å². The van der Waals surface area contributed by atoms with E-state index in [-0.39, 0.29) is 18.0 Å². The molecule has 0 aliphatic carbocycles. The van der Waals surface area contributed by atoms with E-state index in [1.54, 1.807) is 23.1 Å². The van der Waals surface area contributed by atoms with Crippen molar-refractivity contribution in [3.8, 4) is 11.5 Å². The molecule has 1 amide bonds. The van der Waals surface area contributed by atoms with E-state index in [0.29, 0.717) is 18.0 Å². The third kappa shape index (κ3) is 3.27. The summed E-state index contributed by atoms with van der Waals surface area (Å²) in [4.78, 5) is 26.2. The molecule has 2 heterocycles. The van der Waals surface area contributed by atoms with Crippen LogP contribution in [0.3, 0.4) is 0 Å². The molecule has 3 aromatic rings. The van der Waals surface area contributed by atoms with E-state index in [0.717, 1.165) is 10.4 Å². The van der Waals surface area contributed by atoms with Gasteiger partial charge in [-0.05, 0) is 37.3 Å². The molecule has 0 unspecified atom stereocenters. The predicted octanol–water partition coefficient (Wildman–Crippen LogP) is 2.56.